The second-order valence-electron chi connectivity index (χ2n) is 8.90. The minimum atomic E-state index is -0.509. The lowest BCUT2D eigenvalue weighted by Gasteiger charge is -2.14. The zero-order valence-corrected chi connectivity index (χ0v) is 20.3. The Balaban J connectivity index is 1.35. The first kappa shape index (κ1) is 24.5. The molecule has 1 amide bonds. The Bertz CT molecular complexity index is 1280. The molecule has 35 heavy (non-hydrogen) atoms. The number of para-hydroxylation sites is 3. The fraction of sp³-hybridized carbons (Fsp3) is 0.310. The molecule has 0 saturated heterocycles. The van der Waals surface area contributed by atoms with Gasteiger partial charge < -0.3 is 14.6 Å². The van der Waals surface area contributed by atoms with Gasteiger partial charge in [0, 0.05) is 19.5 Å². The Labute approximate surface area is 206 Å². The zero-order chi connectivity index (χ0) is 24.6. The monoisotopic (exact) mass is 473 g/mol. The van der Waals surface area contributed by atoms with E-state index in [9.17, 15) is 9.18 Å². The molecule has 1 heterocycles. The number of carbonyl (C=O) groups excluding carboxylic acids is 1. The number of aromatic nitrogens is 2. The number of rotatable bonds is 11. The van der Waals surface area contributed by atoms with Crippen LogP contribution in [0.1, 0.15) is 54.4 Å². The van der Waals surface area contributed by atoms with Crippen LogP contribution < -0.4 is 10.1 Å². The summed E-state index contributed by atoms with van der Waals surface area (Å²) in [5.41, 5.74) is 3.35. The van der Waals surface area contributed by atoms with Crippen molar-refractivity contribution in [3.05, 3.63) is 95.6 Å². The van der Waals surface area contributed by atoms with E-state index in [-0.39, 0.29) is 5.56 Å². The molecule has 1 aromatic heterocycles. The SMILES string of the molecule is CC(C)c1ccccc1OCCCn1c(CCCNC(=O)c2ccccc2F)nc2ccccc21. The number of ether oxygens (including phenoxy) is 1. The van der Waals surface area contributed by atoms with Crippen LogP contribution in [-0.4, -0.2) is 28.6 Å². The number of hydrogen-bond donors (Lipinski definition) is 1. The van der Waals surface area contributed by atoms with Gasteiger partial charge in [0.2, 0.25) is 0 Å². The largest absolute Gasteiger partial charge is 0.493 e. The van der Waals surface area contributed by atoms with Crippen LogP contribution in [0.3, 0.4) is 0 Å². The molecular weight excluding hydrogens is 441 g/mol. The average Bonchev–Trinajstić information content (AvgIpc) is 3.22. The van der Waals surface area contributed by atoms with Crippen molar-refractivity contribution < 1.29 is 13.9 Å². The third-order valence-corrected chi connectivity index (χ3v) is 6.04. The molecule has 0 fully saturated rings. The van der Waals surface area contributed by atoms with Crippen molar-refractivity contribution in [2.24, 2.45) is 0 Å². The summed E-state index contributed by atoms with van der Waals surface area (Å²) >= 11 is 0. The van der Waals surface area contributed by atoms with E-state index in [1.165, 1.54) is 17.7 Å². The average molecular weight is 474 g/mol. The molecule has 0 aliphatic rings. The minimum Gasteiger partial charge on any atom is -0.493 e. The van der Waals surface area contributed by atoms with Gasteiger partial charge in [0.15, 0.2) is 0 Å². The summed E-state index contributed by atoms with van der Waals surface area (Å²) in [6.45, 7) is 6.21. The second-order valence-corrected chi connectivity index (χ2v) is 8.90. The van der Waals surface area contributed by atoms with E-state index in [4.69, 9.17) is 9.72 Å². The topological polar surface area (TPSA) is 56.1 Å². The van der Waals surface area contributed by atoms with Gasteiger partial charge in [-0.25, -0.2) is 9.37 Å². The first-order valence-electron chi connectivity index (χ1n) is 12.2. The highest BCUT2D eigenvalue weighted by Gasteiger charge is 2.13. The number of nitrogens with one attached hydrogen (secondary N) is 1. The predicted molar refractivity (Wildman–Crippen MR) is 137 cm³/mol. The highest BCUT2D eigenvalue weighted by Crippen LogP contribution is 2.26. The van der Waals surface area contributed by atoms with Crippen LogP contribution in [0.4, 0.5) is 4.39 Å². The summed E-state index contributed by atoms with van der Waals surface area (Å²) in [6, 6.07) is 22.3. The lowest BCUT2D eigenvalue weighted by atomic mass is 10.0. The van der Waals surface area contributed by atoms with E-state index in [1.807, 2.05) is 36.4 Å². The normalized spacial score (nSPS) is 11.2. The van der Waals surface area contributed by atoms with E-state index < -0.39 is 11.7 Å². The lowest BCUT2D eigenvalue weighted by Crippen LogP contribution is -2.25. The maximum Gasteiger partial charge on any atom is 0.254 e. The fourth-order valence-electron chi connectivity index (χ4n) is 4.25. The van der Waals surface area contributed by atoms with Crippen molar-refractivity contribution in [2.75, 3.05) is 13.2 Å². The molecular formula is C29H32FN3O2. The summed E-state index contributed by atoms with van der Waals surface area (Å²) in [4.78, 5) is 17.1. The molecule has 6 heteroatoms. The third-order valence-electron chi connectivity index (χ3n) is 6.04. The van der Waals surface area contributed by atoms with Gasteiger partial charge in [-0.2, -0.15) is 0 Å². The van der Waals surface area contributed by atoms with Gasteiger partial charge in [0.1, 0.15) is 17.4 Å². The smallest absolute Gasteiger partial charge is 0.254 e. The van der Waals surface area contributed by atoms with Crippen LogP contribution in [0, 0.1) is 5.82 Å². The lowest BCUT2D eigenvalue weighted by molar-refractivity contribution is 0.0949. The second kappa shape index (κ2) is 11.6. The van der Waals surface area contributed by atoms with Crippen molar-refractivity contribution in [1.82, 2.24) is 14.9 Å². The highest BCUT2D eigenvalue weighted by atomic mass is 19.1. The molecule has 0 atom stereocenters. The maximum atomic E-state index is 13.8. The zero-order valence-electron chi connectivity index (χ0n) is 20.3. The molecule has 0 bridgehead atoms. The van der Waals surface area contributed by atoms with Crippen LogP contribution in [0.5, 0.6) is 5.75 Å². The van der Waals surface area contributed by atoms with Crippen molar-refractivity contribution in [3.8, 4) is 5.75 Å². The van der Waals surface area contributed by atoms with Gasteiger partial charge >= 0.3 is 0 Å². The van der Waals surface area contributed by atoms with Crippen LogP contribution >= 0.6 is 0 Å². The van der Waals surface area contributed by atoms with Crippen molar-refractivity contribution in [3.63, 3.8) is 0 Å². The molecule has 182 valence electrons. The van der Waals surface area contributed by atoms with Gasteiger partial charge in [-0.15, -0.1) is 0 Å². The molecule has 4 aromatic rings. The molecule has 0 saturated carbocycles. The van der Waals surface area contributed by atoms with Gasteiger partial charge in [0.25, 0.3) is 5.91 Å². The van der Waals surface area contributed by atoms with E-state index in [2.05, 4.69) is 35.9 Å². The number of amides is 1. The van der Waals surface area contributed by atoms with E-state index in [0.717, 1.165) is 35.6 Å². The third kappa shape index (κ3) is 6.07. The number of imidazole rings is 1. The molecule has 0 unspecified atom stereocenters. The molecule has 4 rings (SSSR count). The van der Waals surface area contributed by atoms with Crippen molar-refractivity contribution >= 4 is 16.9 Å². The molecule has 0 spiro atoms. The summed E-state index contributed by atoms with van der Waals surface area (Å²) in [6.07, 6.45) is 2.27. The van der Waals surface area contributed by atoms with E-state index >= 15 is 0 Å². The standard InChI is InChI=1S/C29H32FN3O2/c1-21(2)22-11-4-8-16-27(22)35-20-10-19-33-26-15-7-6-14-25(26)32-28(33)17-9-18-31-29(34)23-12-3-5-13-24(23)30/h3-8,11-16,21H,9-10,17-20H2,1-2H3,(H,31,34). The number of hydrogen-bond acceptors (Lipinski definition) is 3. The molecule has 1 N–H and O–H groups in total. The molecule has 0 aliphatic heterocycles. The van der Waals surface area contributed by atoms with Crippen molar-refractivity contribution in [1.29, 1.82) is 0 Å². The minimum absolute atomic E-state index is 0.0683. The summed E-state index contributed by atoms with van der Waals surface area (Å²) in [5, 5.41) is 2.81. The first-order chi connectivity index (χ1) is 17.0. The molecule has 0 aliphatic carbocycles. The fourth-order valence-corrected chi connectivity index (χ4v) is 4.25. The number of carbonyl (C=O) groups is 1. The predicted octanol–water partition coefficient (Wildman–Crippen LogP) is 6.13. The number of aryl methyl sites for hydroxylation is 2. The van der Waals surface area contributed by atoms with E-state index in [1.54, 1.807) is 12.1 Å². The number of fused-ring (bicyclic) bond motifs is 1. The highest BCUT2D eigenvalue weighted by molar-refractivity contribution is 5.94. The van der Waals surface area contributed by atoms with Crippen LogP contribution in [-0.2, 0) is 13.0 Å². The van der Waals surface area contributed by atoms with Gasteiger partial charge in [-0.1, -0.05) is 56.3 Å². The van der Waals surface area contributed by atoms with Gasteiger partial charge in [-0.05, 0) is 54.7 Å². The first-order valence-corrected chi connectivity index (χ1v) is 12.2. The Morgan fingerprint density at radius 3 is 2.57 bits per heavy atom. The van der Waals surface area contributed by atoms with Crippen LogP contribution in [0.25, 0.3) is 11.0 Å². The van der Waals surface area contributed by atoms with E-state index in [0.29, 0.717) is 31.9 Å². The van der Waals surface area contributed by atoms with Gasteiger partial charge in [0.05, 0.1) is 23.2 Å². The molecule has 5 nitrogen and oxygen atoms in total. The maximum absolute atomic E-state index is 13.8. The van der Waals surface area contributed by atoms with Crippen molar-refractivity contribution in [2.45, 2.75) is 45.6 Å². The Kier molecular flexibility index (Phi) is 8.14. The quantitative estimate of drug-likeness (QED) is 0.267. The van der Waals surface area contributed by atoms with Gasteiger partial charge in [-0.3, -0.25) is 4.79 Å². The number of halogens is 1. The Hall–Kier alpha value is -3.67. The van der Waals surface area contributed by atoms with Crippen LogP contribution in [0.15, 0.2) is 72.8 Å². The Morgan fingerprint density at radius 1 is 1.00 bits per heavy atom. The summed E-state index contributed by atoms with van der Waals surface area (Å²) in [7, 11) is 0. The summed E-state index contributed by atoms with van der Waals surface area (Å²) in [5.74, 6) is 1.44. The number of nitrogens with zero attached hydrogens (tertiary/aromatic N) is 2. The number of benzene rings is 3. The van der Waals surface area contributed by atoms with Crippen LogP contribution in [0.2, 0.25) is 0 Å². The summed E-state index contributed by atoms with van der Waals surface area (Å²) < 4.78 is 22.2. The molecule has 3 aromatic carbocycles. The molecule has 0 radical (unpaired) electrons. The Morgan fingerprint density at radius 2 is 1.74 bits per heavy atom.